The summed E-state index contributed by atoms with van der Waals surface area (Å²) < 4.78 is 5.90. The van der Waals surface area contributed by atoms with E-state index in [4.69, 9.17) is 4.74 Å². The van der Waals surface area contributed by atoms with Gasteiger partial charge in [0.05, 0.1) is 12.7 Å². The molecule has 0 aromatic carbocycles. The van der Waals surface area contributed by atoms with E-state index in [1.807, 2.05) is 0 Å². The van der Waals surface area contributed by atoms with Crippen LogP contribution in [-0.2, 0) is 11.3 Å². The first-order valence-corrected chi connectivity index (χ1v) is 6.62. The van der Waals surface area contributed by atoms with Crippen molar-refractivity contribution in [2.75, 3.05) is 7.05 Å². The Balaban J connectivity index is 1.69. The molecule has 1 fully saturated rings. The minimum Gasteiger partial charge on any atom is -0.374 e. The van der Waals surface area contributed by atoms with Crippen molar-refractivity contribution in [3.05, 3.63) is 22.4 Å². The second-order valence-electron chi connectivity index (χ2n) is 4.20. The summed E-state index contributed by atoms with van der Waals surface area (Å²) >= 11 is 1.74. The second kappa shape index (κ2) is 5.64. The largest absolute Gasteiger partial charge is 0.374 e. The maximum Gasteiger partial charge on any atom is 0.0728 e. The molecule has 1 aliphatic carbocycles. The predicted molar refractivity (Wildman–Crippen MR) is 64.2 cm³/mol. The molecule has 0 atom stereocenters. The number of rotatable bonds is 4. The van der Waals surface area contributed by atoms with Crippen molar-refractivity contribution < 1.29 is 4.74 Å². The van der Waals surface area contributed by atoms with Gasteiger partial charge in [-0.05, 0) is 55.1 Å². The SMILES string of the molecule is CNC1CCC(OCc2ccsc2)CC1. The molecule has 2 rings (SSSR count). The van der Waals surface area contributed by atoms with Crippen molar-refractivity contribution in [2.24, 2.45) is 0 Å². The van der Waals surface area contributed by atoms with Crippen molar-refractivity contribution in [3.8, 4) is 0 Å². The van der Waals surface area contributed by atoms with Gasteiger partial charge in [-0.25, -0.2) is 0 Å². The molecule has 0 unspecified atom stereocenters. The molecule has 3 heteroatoms. The van der Waals surface area contributed by atoms with E-state index in [1.54, 1.807) is 11.3 Å². The lowest BCUT2D eigenvalue weighted by molar-refractivity contribution is 0.0120. The average molecular weight is 225 g/mol. The Hall–Kier alpha value is -0.380. The Morgan fingerprint density at radius 2 is 2.20 bits per heavy atom. The quantitative estimate of drug-likeness (QED) is 0.851. The first-order valence-electron chi connectivity index (χ1n) is 5.68. The van der Waals surface area contributed by atoms with Crippen LogP contribution >= 0.6 is 11.3 Å². The van der Waals surface area contributed by atoms with Gasteiger partial charge in [0, 0.05) is 6.04 Å². The Bertz CT molecular complexity index is 265. The van der Waals surface area contributed by atoms with E-state index in [9.17, 15) is 0 Å². The van der Waals surface area contributed by atoms with Gasteiger partial charge in [0.1, 0.15) is 0 Å². The number of ether oxygens (including phenoxy) is 1. The molecular formula is C12H19NOS. The summed E-state index contributed by atoms with van der Waals surface area (Å²) in [6.45, 7) is 0.790. The molecule has 1 N–H and O–H groups in total. The lowest BCUT2D eigenvalue weighted by atomic mass is 9.93. The van der Waals surface area contributed by atoms with Crippen LogP contribution in [-0.4, -0.2) is 19.2 Å². The maximum absolute atomic E-state index is 5.90. The fraction of sp³-hybridized carbons (Fsp3) is 0.667. The molecule has 0 bridgehead atoms. The number of thiophene rings is 1. The molecule has 1 aromatic rings. The zero-order valence-electron chi connectivity index (χ0n) is 9.24. The molecular weight excluding hydrogens is 206 g/mol. The first-order chi connectivity index (χ1) is 7.38. The number of hydrogen-bond donors (Lipinski definition) is 1. The van der Waals surface area contributed by atoms with Crippen molar-refractivity contribution in [2.45, 2.75) is 44.4 Å². The standard InChI is InChI=1S/C12H19NOS/c1-13-11-2-4-12(5-3-11)14-8-10-6-7-15-9-10/h6-7,9,11-13H,2-5,8H2,1H3. The van der Waals surface area contributed by atoms with Crippen LogP contribution in [0.2, 0.25) is 0 Å². The first kappa shape index (κ1) is 11.1. The summed E-state index contributed by atoms with van der Waals surface area (Å²) in [7, 11) is 2.05. The molecule has 1 heterocycles. The van der Waals surface area contributed by atoms with E-state index in [-0.39, 0.29) is 0 Å². The third-order valence-electron chi connectivity index (χ3n) is 3.15. The molecule has 2 nitrogen and oxygen atoms in total. The van der Waals surface area contributed by atoms with Gasteiger partial charge in [-0.1, -0.05) is 0 Å². The molecule has 1 saturated carbocycles. The highest BCUT2D eigenvalue weighted by Gasteiger charge is 2.20. The van der Waals surface area contributed by atoms with Crippen LogP contribution in [0.1, 0.15) is 31.2 Å². The van der Waals surface area contributed by atoms with Gasteiger partial charge in [-0.15, -0.1) is 0 Å². The summed E-state index contributed by atoms with van der Waals surface area (Å²) in [6.07, 6.45) is 5.40. The maximum atomic E-state index is 5.90. The van der Waals surface area contributed by atoms with Gasteiger partial charge in [-0.2, -0.15) is 11.3 Å². The molecule has 0 radical (unpaired) electrons. The van der Waals surface area contributed by atoms with Crippen molar-refractivity contribution in [1.29, 1.82) is 0 Å². The smallest absolute Gasteiger partial charge is 0.0728 e. The summed E-state index contributed by atoms with van der Waals surface area (Å²) in [5.41, 5.74) is 1.32. The van der Waals surface area contributed by atoms with Gasteiger partial charge in [0.2, 0.25) is 0 Å². The Morgan fingerprint density at radius 3 is 2.80 bits per heavy atom. The second-order valence-corrected chi connectivity index (χ2v) is 4.98. The van der Waals surface area contributed by atoms with Crippen LogP contribution in [0.25, 0.3) is 0 Å². The van der Waals surface area contributed by atoms with E-state index >= 15 is 0 Å². The fourth-order valence-electron chi connectivity index (χ4n) is 2.11. The van der Waals surface area contributed by atoms with Crippen molar-refractivity contribution >= 4 is 11.3 Å². The summed E-state index contributed by atoms with van der Waals surface area (Å²) in [5, 5.41) is 7.61. The van der Waals surface area contributed by atoms with Gasteiger partial charge in [0.15, 0.2) is 0 Å². The summed E-state index contributed by atoms with van der Waals surface area (Å²) in [6, 6.07) is 2.86. The summed E-state index contributed by atoms with van der Waals surface area (Å²) in [5.74, 6) is 0. The molecule has 0 amide bonds. The minimum atomic E-state index is 0.481. The zero-order valence-corrected chi connectivity index (χ0v) is 10.1. The van der Waals surface area contributed by atoms with Crippen LogP contribution in [0.3, 0.4) is 0 Å². The van der Waals surface area contributed by atoms with E-state index in [2.05, 4.69) is 29.2 Å². The van der Waals surface area contributed by atoms with Crippen LogP contribution in [0.5, 0.6) is 0 Å². The molecule has 0 saturated heterocycles. The number of nitrogens with one attached hydrogen (secondary N) is 1. The third-order valence-corrected chi connectivity index (χ3v) is 3.88. The Labute approximate surface area is 95.6 Å². The molecule has 1 aromatic heterocycles. The van der Waals surface area contributed by atoms with Crippen molar-refractivity contribution in [3.63, 3.8) is 0 Å². The van der Waals surface area contributed by atoms with E-state index < -0.39 is 0 Å². The van der Waals surface area contributed by atoms with Crippen molar-refractivity contribution in [1.82, 2.24) is 5.32 Å². The summed E-state index contributed by atoms with van der Waals surface area (Å²) in [4.78, 5) is 0. The molecule has 0 spiro atoms. The third kappa shape index (κ3) is 3.30. The highest BCUT2D eigenvalue weighted by Crippen LogP contribution is 2.22. The number of hydrogen-bond acceptors (Lipinski definition) is 3. The highest BCUT2D eigenvalue weighted by molar-refractivity contribution is 7.07. The van der Waals surface area contributed by atoms with E-state index in [0.717, 1.165) is 6.61 Å². The lowest BCUT2D eigenvalue weighted by Gasteiger charge is -2.28. The van der Waals surface area contributed by atoms with E-state index in [0.29, 0.717) is 12.1 Å². The van der Waals surface area contributed by atoms with Crippen LogP contribution in [0.15, 0.2) is 16.8 Å². The minimum absolute atomic E-state index is 0.481. The molecule has 0 aliphatic heterocycles. The topological polar surface area (TPSA) is 21.3 Å². The zero-order chi connectivity index (χ0) is 10.5. The lowest BCUT2D eigenvalue weighted by Crippen LogP contribution is -2.32. The Kier molecular flexibility index (Phi) is 4.18. The molecule has 15 heavy (non-hydrogen) atoms. The van der Waals surface area contributed by atoms with Gasteiger partial charge in [-0.3, -0.25) is 0 Å². The molecule has 1 aliphatic rings. The van der Waals surface area contributed by atoms with E-state index in [1.165, 1.54) is 31.2 Å². The van der Waals surface area contributed by atoms with Gasteiger partial charge < -0.3 is 10.1 Å². The van der Waals surface area contributed by atoms with Crippen LogP contribution in [0, 0.1) is 0 Å². The monoisotopic (exact) mass is 225 g/mol. The van der Waals surface area contributed by atoms with Crippen LogP contribution < -0.4 is 5.32 Å². The molecule has 84 valence electrons. The van der Waals surface area contributed by atoms with Crippen LogP contribution in [0.4, 0.5) is 0 Å². The highest BCUT2D eigenvalue weighted by atomic mass is 32.1. The average Bonchev–Trinajstić information content (AvgIpc) is 2.80. The fourth-order valence-corrected chi connectivity index (χ4v) is 2.76. The predicted octanol–water partition coefficient (Wildman–Crippen LogP) is 2.80. The normalized spacial score (nSPS) is 26.7. The Morgan fingerprint density at radius 1 is 1.40 bits per heavy atom. The van der Waals surface area contributed by atoms with Gasteiger partial charge >= 0.3 is 0 Å². The van der Waals surface area contributed by atoms with Gasteiger partial charge in [0.25, 0.3) is 0 Å².